The highest BCUT2D eigenvalue weighted by molar-refractivity contribution is 5.98. The first-order valence-corrected chi connectivity index (χ1v) is 10.2. The van der Waals surface area contributed by atoms with Gasteiger partial charge in [-0.15, -0.1) is 0 Å². The molecule has 0 aliphatic heterocycles. The molecule has 0 unspecified atom stereocenters. The number of nitrogens with one attached hydrogen (secondary N) is 3. The summed E-state index contributed by atoms with van der Waals surface area (Å²) in [5, 5.41) is 8.36. The van der Waals surface area contributed by atoms with Gasteiger partial charge in [-0.05, 0) is 49.2 Å². The number of rotatable bonds is 10. The average molecular weight is 411 g/mol. The van der Waals surface area contributed by atoms with Gasteiger partial charge in [0.15, 0.2) is 0 Å². The Morgan fingerprint density at radius 1 is 0.867 bits per heavy atom. The molecule has 0 spiro atoms. The number of hydrogen-bond donors (Lipinski definition) is 3. The van der Waals surface area contributed by atoms with Crippen LogP contribution >= 0.6 is 0 Å². The SMILES string of the molecule is CCCN(CCC)C(=O)c1cccc(NCC(=O)Nc2cccc(C(=O)NC)c2)c1. The fraction of sp³-hybridized carbons (Fsp3) is 0.348. The fourth-order valence-electron chi connectivity index (χ4n) is 3.07. The quantitative estimate of drug-likeness (QED) is 0.560. The molecule has 3 N–H and O–H groups in total. The zero-order chi connectivity index (χ0) is 21.9. The third-order valence-corrected chi connectivity index (χ3v) is 4.47. The highest BCUT2D eigenvalue weighted by Gasteiger charge is 2.14. The number of amides is 3. The third-order valence-electron chi connectivity index (χ3n) is 4.47. The standard InChI is InChI=1S/C23H30N4O3/c1-4-12-27(13-5-2)23(30)18-9-7-10-19(15-18)25-16-21(28)26-20-11-6-8-17(14-20)22(29)24-3/h6-11,14-15,25H,4-5,12-13,16H2,1-3H3,(H,24,29)(H,26,28). The average Bonchev–Trinajstić information content (AvgIpc) is 2.77. The second kappa shape index (κ2) is 11.6. The molecule has 0 fully saturated rings. The molecule has 0 heterocycles. The summed E-state index contributed by atoms with van der Waals surface area (Å²) in [5.74, 6) is -0.469. The Hall–Kier alpha value is -3.35. The second-order valence-electron chi connectivity index (χ2n) is 6.93. The Kier molecular flexibility index (Phi) is 8.87. The van der Waals surface area contributed by atoms with Gasteiger partial charge >= 0.3 is 0 Å². The molecule has 0 bridgehead atoms. The van der Waals surface area contributed by atoms with Crippen molar-refractivity contribution in [1.82, 2.24) is 10.2 Å². The highest BCUT2D eigenvalue weighted by Crippen LogP contribution is 2.14. The minimum absolute atomic E-state index is 0.00202. The summed E-state index contributed by atoms with van der Waals surface area (Å²) in [6, 6.07) is 13.9. The van der Waals surface area contributed by atoms with Crippen LogP contribution in [0.25, 0.3) is 0 Å². The van der Waals surface area contributed by atoms with Crippen molar-refractivity contribution < 1.29 is 14.4 Å². The van der Waals surface area contributed by atoms with Crippen LogP contribution in [-0.2, 0) is 4.79 Å². The molecule has 2 aromatic carbocycles. The van der Waals surface area contributed by atoms with Gasteiger partial charge in [0.05, 0.1) is 6.54 Å². The molecule has 0 aliphatic carbocycles. The van der Waals surface area contributed by atoms with Gasteiger partial charge in [0.25, 0.3) is 11.8 Å². The maximum absolute atomic E-state index is 12.8. The van der Waals surface area contributed by atoms with Crippen LogP contribution in [0, 0.1) is 0 Å². The third kappa shape index (κ3) is 6.62. The van der Waals surface area contributed by atoms with Gasteiger partial charge in [-0.25, -0.2) is 0 Å². The Labute approximate surface area is 177 Å². The van der Waals surface area contributed by atoms with Crippen LogP contribution in [0.1, 0.15) is 47.4 Å². The van der Waals surface area contributed by atoms with Crippen LogP contribution in [0.3, 0.4) is 0 Å². The number of anilines is 2. The monoisotopic (exact) mass is 410 g/mol. The minimum Gasteiger partial charge on any atom is -0.376 e. The lowest BCUT2D eigenvalue weighted by Crippen LogP contribution is -2.32. The summed E-state index contributed by atoms with van der Waals surface area (Å²) in [5.41, 5.74) is 2.31. The Morgan fingerprint density at radius 2 is 1.47 bits per heavy atom. The van der Waals surface area contributed by atoms with Gasteiger partial charge in [0, 0.05) is 42.6 Å². The number of carbonyl (C=O) groups excluding carboxylic acids is 3. The van der Waals surface area contributed by atoms with Crippen LogP contribution in [0.15, 0.2) is 48.5 Å². The van der Waals surface area contributed by atoms with E-state index in [9.17, 15) is 14.4 Å². The molecule has 3 amide bonds. The van der Waals surface area contributed by atoms with E-state index in [1.54, 1.807) is 49.5 Å². The lowest BCUT2D eigenvalue weighted by molar-refractivity contribution is -0.114. The highest BCUT2D eigenvalue weighted by atomic mass is 16.2. The van der Waals surface area contributed by atoms with E-state index in [0.29, 0.717) is 22.5 Å². The van der Waals surface area contributed by atoms with Gasteiger partial charge in [-0.1, -0.05) is 26.0 Å². The fourth-order valence-corrected chi connectivity index (χ4v) is 3.07. The largest absolute Gasteiger partial charge is 0.376 e. The second-order valence-corrected chi connectivity index (χ2v) is 6.93. The lowest BCUT2D eigenvalue weighted by Gasteiger charge is -2.21. The number of nitrogens with zero attached hydrogens (tertiary/aromatic N) is 1. The van der Waals surface area contributed by atoms with Crippen molar-refractivity contribution in [2.24, 2.45) is 0 Å². The predicted molar refractivity (Wildman–Crippen MR) is 120 cm³/mol. The molecule has 0 atom stereocenters. The normalized spacial score (nSPS) is 10.2. The van der Waals surface area contributed by atoms with Crippen molar-refractivity contribution in [3.8, 4) is 0 Å². The van der Waals surface area contributed by atoms with Crippen LogP contribution in [0.5, 0.6) is 0 Å². The molecule has 160 valence electrons. The van der Waals surface area contributed by atoms with Gasteiger partial charge in [0.2, 0.25) is 5.91 Å². The number of carbonyl (C=O) groups is 3. The molecule has 30 heavy (non-hydrogen) atoms. The van der Waals surface area contributed by atoms with Crippen LogP contribution in [0.2, 0.25) is 0 Å². The van der Waals surface area contributed by atoms with Gasteiger partial charge in [-0.3, -0.25) is 14.4 Å². The summed E-state index contributed by atoms with van der Waals surface area (Å²) >= 11 is 0. The van der Waals surface area contributed by atoms with E-state index < -0.39 is 0 Å². The minimum atomic E-state index is -0.251. The number of benzene rings is 2. The maximum atomic E-state index is 12.8. The van der Waals surface area contributed by atoms with Gasteiger partial charge < -0.3 is 20.9 Å². The van der Waals surface area contributed by atoms with Crippen molar-refractivity contribution in [3.63, 3.8) is 0 Å². The zero-order valence-corrected chi connectivity index (χ0v) is 17.8. The first-order valence-electron chi connectivity index (χ1n) is 10.2. The summed E-state index contributed by atoms with van der Waals surface area (Å²) in [6.07, 6.45) is 1.82. The Balaban J connectivity index is 1.97. The van der Waals surface area contributed by atoms with Crippen molar-refractivity contribution in [2.45, 2.75) is 26.7 Å². The van der Waals surface area contributed by atoms with E-state index in [4.69, 9.17) is 0 Å². The first kappa shape index (κ1) is 22.9. The van der Waals surface area contributed by atoms with Crippen molar-refractivity contribution >= 4 is 29.1 Å². The van der Waals surface area contributed by atoms with Gasteiger partial charge in [0.1, 0.15) is 0 Å². The van der Waals surface area contributed by atoms with E-state index in [2.05, 4.69) is 29.8 Å². The van der Waals surface area contributed by atoms with E-state index in [1.807, 2.05) is 11.0 Å². The Bertz CT molecular complexity index is 876. The van der Waals surface area contributed by atoms with Crippen molar-refractivity contribution in [1.29, 1.82) is 0 Å². The van der Waals surface area contributed by atoms with E-state index in [-0.39, 0.29) is 24.3 Å². The van der Waals surface area contributed by atoms with Gasteiger partial charge in [-0.2, -0.15) is 0 Å². The van der Waals surface area contributed by atoms with E-state index >= 15 is 0 Å². The molecule has 2 rings (SSSR count). The molecule has 7 heteroatoms. The van der Waals surface area contributed by atoms with E-state index in [1.165, 1.54) is 0 Å². The molecular weight excluding hydrogens is 380 g/mol. The Morgan fingerprint density at radius 3 is 2.10 bits per heavy atom. The van der Waals surface area contributed by atoms with Crippen LogP contribution < -0.4 is 16.0 Å². The molecule has 7 nitrogen and oxygen atoms in total. The van der Waals surface area contributed by atoms with Crippen LogP contribution in [-0.4, -0.2) is 49.3 Å². The topological polar surface area (TPSA) is 90.5 Å². The molecule has 0 radical (unpaired) electrons. The summed E-state index contributed by atoms with van der Waals surface area (Å²) < 4.78 is 0. The number of hydrogen-bond acceptors (Lipinski definition) is 4. The molecular formula is C23H30N4O3. The van der Waals surface area contributed by atoms with E-state index in [0.717, 1.165) is 25.9 Å². The lowest BCUT2D eigenvalue weighted by atomic mass is 10.1. The van der Waals surface area contributed by atoms with Crippen molar-refractivity contribution in [2.75, 3.05) is 37.3 Å². The van der Waals surface area contributed by atoms with Crippen molar-refractivity contribution in [3.05, 3.63) is 59.7 Å². The smallest absolute Gasteiger partial charge is 0.253 e. The predicted octanol–water partition coefficient (Wildman–Crippen LogP) is 3.36. The molecule has 0 aliphatic rings. The zero-order valence-electron chi connectivity index (χ0n) is 17.8. The maximum Gasteiger partial charge on any atom is 0.253 e. The summed E-state index contributed by atoms with van der Waals surface area (Å²) in [4.78, 5) is 38.6. The first-order chi connectivity index (χ1) is 14.5. The summed E-state index contributed by atoms with van der Waals surface area (Å²) in [6.45, 7) is 5.59. The summed E-state index contributed by atoms with van der Waals surface area (Å²) in [7, 11) is 1.56. The molecule has 0 saturated carbocycles. The molecule has 0 aromatic heterocycles. The van der Waals surface area contributed by atoms with Crippen LogP contribution in [0.4, 0.5) is 11.4 Å². The molecule has 0 saturated heterocycles. The molecule has 2 aromatic rings.